The van der Waals surface area contributed by atoms with E-state index in [9.17, 15) is 0 Å². The normalized spacial score (nSPS) is 11.5. The molecule has 0 fully saturated rings. The SMILES string of the molecule is Cn1cc(-c2ccc3oc(-c4ccccc4)nc3c2)nc1N(c1ccccc1)c1nc(-c2ccc3oc(-c4ccccc4)nc3c2)cn1C. The van der Waals surface area contributed by atoms with E-state index in [4.69, 9.17) is 28.8 Å². The first kappa shape index (κ1) is 28.5. The van der Waals surface area contributed by atoms with E-state index < -0.39 is 0 Å². The minimum atomic E-state index is 0.592. The Kier molecular flexibility index (Phi) is 6.68. The molecular formula is C40H29N7O2. The molecule has 0 bridgehead atoms. The van der Waals surface area contributed by atoms with Gasteiger partial charge in [-0.25, -0.2) is 24.8 Å². The third-order valence-electron chi connectivity index (χ3n) is 8.53. The van der Waals surface area contributed by atoms with Crippen LogP contribution >= 0.6 is 0 Å². The monoisotopic (exact) mass is 639 g/mol. The number of hydrogen-bond donors (Lipinski definition) is 0. The Hall–Kier alpha value is -6.74. The van der Waals surface area contributed by atoms with Crippen molar-refractivity contribution in [2.24, 2.45) is 14.1 Å². The lowest BCUT2D eigenvalue weighted by Crippen LogP contribution is -2.17. The summed E-state index contributed by atoms with van der Waals surface area (Å²) in [6.07, 6.45) is 4.05. The number of para-hydroxylation sites is 1. The lowest BCUT2D eigenvalue weighted by molar-refractivity contribution is 0.619. The molecule has 0 N–H and O–H groups in total. The first-order chi connectivity index (χ1) is 24.1. The fourth-order valence-corrected chi connectivity index (χ4v) is 6.09. The van der Waals surface area contributed by atoms with Crippen LogP contribution in [0.25, 0.3) is 67.6 Å². The highest BCUT2D eigenvalue weighted by Crippen LogP contribution is 2.37. The topological polar surface area (TPSA) is 90.9 Å². The van der Waals surface area contributed by atoms with E-state index >= 15 is 0 Å². The lowest BCUT2D eigenvalue weighted by Gasteiger charge is -2.22. The number of hydrogen-bond acceptors (Lipinski definition) is 7. The fourth-order valence-electron chi connectivity index (χ4n) is 6.09. The smallest absolute Gasteiger partial charge is 0.227 e. The van der Waals surface area contributed by atoms with Crippen LogP contribution in [0.3, 0.4) is 0 Å². The van der Waals surface area contributed by atoms with Gasteiger partial charge in [-0.2, -0.15) is 0 Å². The summed E-state index contributed by atoms with van der Waals surface area (Å²) in [7, 11) is 3.99. The van der Waals surface area contributed by atoms with Crippen LogP contribution in [0, 0.1) is 0 Å². The predicted molar refractivity (Wildman–Crippen MR) is 192 cm³/mol. The molecule has 5 aromatic carbocycles. The van der Waals surface area contributed by atoms with E-state index in [1.54, 1.807) is 0 Å². The molecule has 4 aromatic heterocycles. The van der Waals surface area contributed by atoms with E-state index in [0.29, 0.717) is 23.7 Å². The Balaban J connectivity index is 1.09. The van der Waals surface area contributed by atoms with Gasteiger partial charge < -0.3 is 18.0 Å². The molecule has 0 radical (unpaired) electrons. The number of aromatic nitrogens is 6. The number of aryl methyl sites for hydroxylation is 2. The summed E-state index contributed by atoms with van der Waals surface area (Å²) in [5.74, 6) is 2.61. The zero-order valence-electron chi connectivity index (χ0n) is 26.7. The van der Waals surface area contributed by atoms with Crippen molar-refractivity contribution in [3.05, 3.63) is 140 Å². The summed E-state index contributed by atoms with van der Waals surface area (Å²) in [4.78, 5) is 21.9. The number of nitrogens with zero attached hydrogens (tertiary/aromatic N) is 7. The van der Waals surface area contributed by atoms with Gasteiger partial charge in [0.15, 0.2) is 11.2 Å². The summed E-state index contributed by atoms with van der Waals surface area (Å²) in [6, 6.07) is 42.0. The molecule has 0 aliphatic heterocycles. The number of rotatable bonds is 7. The molecule has 4 heterocycles. The zero-order valence-corrected chi connectivity index (χ0v) is 26.7. The van der Waals surface area contributed by atoms with Crippen LogP contribution in [-0.2, 0) is 14.1 Å². The Bertz CT molecular complexity index is 2420. The molecule has 0 amide bonds. The molecule has 9 rings (SSSR count). The van der Waals surface area contributed by atoms with Crippen LogP contribution in [0.15, 0.2) is 149 Å². The number of fused-ring (bicyclic) bond motifs is 2. The molecule has 9 aromatic rings. The Labute approximate surface area is 281 Å². The van der Waals surface area contributed by atoms with Crippen molar-refractivity contribution in [2.75, 3.05) is 4.90 Å². The minimum absolute atomic E-state index is 0.592. The quantitative estimate of drug-likeness (QED) is 0.171. The largest absolute Gasteiger partial charge is 0.436 e. The second-order valence-corrected chi connectivity index (χ2v) is 11.9. The summed E-state index contributed by atoms with van der Waals surface area (Å²) in [6.45, 7) is 0. The number of imidazole rings is 2. The van der Waals surface area contributed by atoms with Crippen LogP contribution in [-0.4, -0.2) is 29.1 Å². The third-order valence-corrected chi connectivity index (χ3v) is 8.53. The van der Waals surface area contributed by atoms with Gasteiger partial charge in [-0.05, 0) is 72.8 Å². The second kappa shape index (κ2) is 11.5. The molecule has 0 aliphatic carbocycles. The van der Waals surface area contributed by atoms with Crippen LogP contribution in [0.2, 0.25) is 0 Å². The molecule has 0 aliphatic rings. The summed E-state index contributed by atoms with van der Waals surface area (Å²) < 4.78 is 16.2. The van der Waals surface area contributed by atoms with Gasteiger partial charge >= 0.3 is 0 Å². The van der Waals surface area contributed by atoms with Crippen molar-refractivity contribution in [3.63, 3.8) is 0 Å². The molecule has 9 nitrogen and oxygen atoms in total. The molecule has 236 valence electrons. The van der Waals surface area contributed by atoms with E-state index in [1.165, 1.54) is 0 Å². The first-order valence-corrected chi connectivity index (χ1v) is 15.9. The van der Waals surface area contributed by atoms with Gasteiger partial charge in [0.2, 0.25) is 23.7 Å². The highest BCUT2D eigenvalue weighted by atomic mass is 16.4. The molecule has 0 saturated heterocycles. The average Bonchev–Trinajstić information content (AvgIpc) is 3.94. The summed E-state index contributed by atoms with van der Waals surface area (Å²) in [5, 5.41) is 0. The molecule has 0 spiro atoms. The summed E-state index contributed by atoms with van der Waals surface area (Å²) in [5.41, 5.74) is 9.30. The highest BCUT2D eigenvalue weighted by Gasteiger charge is 2.24. The Morgan fingerprint density at radius 2 is 0.898 bits per heavy atom. The maximum Gasteiger partial charge on any atom is 0.227 e. The Morgan fingerprint density at radius 1 is 0.469 bits per heavy atom. The average molecular weight is 640 g/mol. The van der Waals surface area contributed by atoms with Gasteiger partial charge in [0.1, 0.15) is 11.0 Å². The molecular weight excluding hydrogens is 610 g/mol. The third kappa shape index (κ3) is 5.14. The van der Waals surface area contributed by atoms with Crippen LogP contribution in [0.5, 0.6) is 0 Å². The van der Waals surface area contributed by atoms with Crippen molar-refractivity contribution in [1.82, 2.24) is 29.1 Å². The van der Waals surface area contributed by atoms with E-state index in [0.717, 1.165) is 61.5 Å². The van der Waals surface area contributed by atoms with Crippen molar-refractivity contribution in [3.8, 4) is 45.4 Å². The zero-order chi connectivity index (χ0) is 32.9. The lowest BCUT2D eigenvalue weighted by atomic mass is 10.1. The number of anilines is 3. The molecule has 0 unspecified atom stereocenters. The molecule has 0 saturated carbocycles. The van der Waals surface area contributed by atoms with Gasteiger partial charge in [0.25, 0.3) is 0 Å². The summed E-state index contributed by atoms with van der Waals surface area (Å²) >= 11 is 0. The van der Waals surface area contributed by atoms with Gasteiger partial charge in [-0.1, -0.05) is 54.6 Å². The van der Waals surface area contributed by atoms with Crippen LogP contribution in [0.1, 0.15) is 0 Å². The van der Waals surface area contributed by atoms with Gasteiger partial charge in [0, 0.05) is 48.7 Å². The van der Waals surface area contributed by atoms with Crippen molar-refractivity contribution < 1.29 is 8.83 Å². The van der Waals surface area contributed by atoms with E-state index in [1.807, 2.05) is 151 Å². The maximum atomic E-state index is 6.06. The van der Waals surface area contributed by atoms with Crippen molar-refractivity contribution in [1.29, 1.82) is 0 Å². The Morgan fingerprint density at radius 3 is 1.35 bits per heavy atom. The van der Waals surface area contributed by atoms with Crippen molar-refractivity contribution in [2.45, 2.75) is 0 Å². The number of benzene rings is 5. The van der Waals surface area contributed by atoms with Crippen molar-refractivity contribution >= 4 is 39.8 Å². The van der Waals surface area contributed by atoms with Gasteiger partial charge in [-0.15, -0.1) is 0 Å². The highest BCUT2D eigenvalue weighted by molar-refractivity contribution is 5.84. The van der Waals surface area contributed by atoms with Gasteiger partial charge in [-0.3, -0.25) is 0 Å². The molecule has 49 heavy (non-hydrogen) atoms. The van der Waals surface area contributed by atoms with E-state index in [2.05, 4.69) is 17.0 Å². The van der Waals surface area contributed by atoms with Gasteiger partial charge in [0.05, 0.1) is 17.1 Å². The molecule has 0 atom stereocenters. The molecule has 9 heteroatoms. The predicted octanol–water partition coefficient (Wildman–Crippen LogP) is 9.57. The van der Waals surface area contributed by atoms with E-state index in [-0.39, 0.29) is 0 Å². The second-order valence-electron chi connectivity index (χ2n) is 11.9. The maximum absolute atomic E-state index is 6.06. The fraction of sp³-hybridized carbons (Fsp3) is 0.0500. The first-order valence-electron chi connectivity index (χ1n) is 15.9. The number of oxazole rings is 2. The van der Waals surface area contributed by atoms with Crippen LogP contribution < -0.4 is 4.90 Å². The minimum Gasteiger partial charge on any atom is -0.436 e. The standard InChI is InChI=1S/C40H29N7O2/c1-45-24-33(28-18-20-35-31(22-28)41-37(48-35)26-12-6-3-7-13-26)43-39(45)47(30-16-10-5-11-17-30)40-44-34(25-46(40)2)29-19-21-36-32(23-29)42-38(49-36)27-14-8-4-9-15-27/h3-25H,1-2H3. The van der Waals surface area contributed by atoms with Crippen LogP contribution in [0.4, 0.5) is 17.6 Å².